The van der Waals surface area contributed by atoms with Crippen molar-refractivity contribution >= 4 is 12.0 Å². The number of carbonyl (C=O) groups is 2. The van der Waals surface area contributed by atoms with E-state index >= 15 is 0 Å². The molecule has 0 aliphatic carbocycles. The van der Waals surface area contributed by atoms with Crippen LogP contribution in [0.4, 0.5) is 4.79 Å². The van der Waals surface area contributed by atoms with Crippen molar-refractivity contribution in [2.24, 2.45) is 0 Å². The SMILES string of the molecule is Cc1ccc(-c2cc(C(=O)N3CCC(NC(=O)OC(C)(C)C)CC3)nn2-c2ccc(C#N)cc2)cc1. The van der Waals surface area contributed by atoms with Gasteiger partial charge < -0.3 is 15.0 Å². The topological polar surface area (TPSA) is 100 Å². The monoisotopic (exact) mass is 485 g/mol. The van der Waals surface area contributed by atoms with Gasteiger partial charge in [-0.2, -0.15) is 10.4 Å². The average Bonchev–Trinajstić information content (AvgIpc) is 3.29. The van der Waals surface area contributed by atoms with Gasteiger partial charge in [0, 0.05) is 24.7 Å². The molecular formula is C28H31N5O3. The van der Waals surface area contributed by atoms with Crippen LogP contribution >= 0.6 is 0 Å². The second-order valence-electron chi connectivity index (χ2n) is 10.1. The number of ether oxygens (including phenoxy) is 1. The Balaban J connectivity index is 1.53. The second kappa shape index (κ2) is 10.2. The molecule has 1 saturated heterocycles. The highest BCUT2D eigenvalue weighted by Crippen LogP contribution is 2.26. The molecule has 2 heterocycles. The lowest BCUT2D eigenvalue weighted by Crippen LogP contribution is -2.47. The van der Waals surface area contributed by atoms with Gasteiger partial charge in [0.25, 0.3) is 5.91 Å². The number of amides is 2. The molecule has 1 fully saturated rings. The number of rotatable bonds is 4. The molecule has 8 heteroatoms. The molecule has 2 aromatic carbocycles. The summed E-state index contributed by atoms with van der Waals surface area (Å²) in [5, 5.41) is 16.7. The Kier molecular flexibility index (Phi) is 7.11. The van der Waals surface area contributed by atoms with Crippen LogP contribution in [-0.4, -0.2) is 51.4 Å². The summed E-state index contributed by atoms with van der Waals surface area (Å²) in [6, 6.07) is 19.1. The first-order chi connectivity index (χ1) is 17.1. The molecule has 4 rings (SSSR count). The number of likely N-dealkylation sites (tertiary alicyclic amines) is 1. The molecular weight excluding hydrogens is 454 g/mol. The fraction of sp³-hybridized carbons (Fsp3) is 0.357. The number of aromatic nitrogens is 2. The number of carbonyl (C=O) groups excluding carboxylic acids is 2. The summed E-state index contributed by atoms with van der Waals surface area (Å²) in [6.45, 7) is 8.55. The van der Waals surface area contributed by atoms with Crippen molar-refractivity contribution in [1.82, 2.24) is 20.0 Å². The van der Waals surface area contributed by atoms with Gasteiger partial charge in [0.1, 0.15) is 5.60 Å². The maximum absolute atomic E-state index is 13.4. The number of nitrogens with one attached hydrogen (secondary N) is 1. The predicted molar refractivity (Wildman–Crippen MR) is 137 cm³/mol. The van der Waals surface area contributed by atoms with E-state index in [9.17, 15) is 9.59 Å². The molecule has 186 valence electrons. The van der Waals surface area contributed by atoms with Gasteiger partial charge >= 0.3 is 6.09 Å². The van der Waals surface area contributed by atoms with Crippen LogP contribution < -0.4 is 5.32 Å². The number of hydrogen-bond acceptors (Lipinski definition) is 5. The quantitative estimate of drug-likeness (QED) is 0.569. The summed E-state index contributed by atoms with van der Waals surface area (Å²) < 4.78 is 7.09. The first-order valence-corrected chi connectivity index (χ1v) is 12.1. The fourth-order valence-corrected chi connectivity index (χ4v) is 4.15. The number of hydrogen-bond donors (Lipinski definition) is 1. The van der Waals surface area contributed by atoms with E-state index in [-0.39, 0.29) is 11.9 Å². The zero-order chi connectivity index (χ0) is 25.9. The van der Waals surface area contributed by atoms with Crippen LogP contribution in [-0.2, 0) is 4.74 Å². The van der Waals surface area contributed by atoms with E-state index in [0.29, 0.717) is 37.2 Å². The summed E-state index contributed by atoms with van der Waals surface area (Å²) in [5.41, 5.74) is 4.01. The molecule has 0 spiro atoms. The van der Waals surface area contributed by atoms with Gasteiger partial charge in [-0.3, -0.25) is 4.79 Å². The standard InChI is InChI=1S/C28H31N5O3/c1-19-5-9-21(10-6-19)25-17-24(31-33(25)23-11-7-20(18-29)8-12-23)26(34)32-15-13-22(14-16-32)30-27(35)36-28(2,3)4/h5-12,17,22H,13-16H2,1-4H3,(H,30,35). The lowest BCUT2D eigenvalue weighted by molar-refractivity contribution is 0.0473. The van der Waals surface area contributed by atoms with Gasteiger partial charge in [0.15, 0.2) is 5.69 Å². The normalized spacial score (nSPS) is 14.2. The predicted octanol–water partition coefficient (Wildman–Crippen LogP) is 4.85. The summed E-state index contributed by atoms with van der Waals surface area (Å²) in [7, 11) is 0. The molecule has 0 atom stereocenters. The molecule has 1 aliphatic rings. The van der Waals surface area contributed by atoms with Crippen molar-refractivity contribution in [3.05, 3.63) is 71.4 Å². The largest absolute Gasteiger partial charge is 0.444 e. The van der Waals surface area contributed by atoms with Crippen LogP contribution in [0.15, 0.2) is 54.6 Å². The summed E-state index contributed by atoms with van der Waals surface area (Å²) >= 11 is 0. The molecule has 3 aromatic rings. The van der Waals surface area contributed by atoms with E-state index in [1.165, 1.54) is 0 Å². The number of benzene rings is 2. The average molecular weight is 486 g/mol. The van der Waals surface area contributed by atoms with E-state index in [1.807, 2.05) is 70.2 Å². The van der Waals surface area contributed by atoms with Gasteiger partial charge in [0.2, 0.25) is 0 Å². The number of alkyl carbamates (subject to hydrolysis) is 1. The third-order valence-electron chi connectivity index (χ3n) is 6.02. The van der Waals surface area contributed by atoms with Crippen molar-refractivity contribution in [3.63, 3.8) is 0 Å². The maximum atomic E-state index is 13.4. The Morgan fingerprint density at radius 3 is 2.28 bits per heavy atom. The first-order valence-electron chi connectivity index (χ1n) is 12.1. The number of piperidine rings is 1. The summed E-state index contributed by atoms with van der Waals surface area (Å²) in [6.07, 6.45) is 0.856. The minimum absolute atomic E-state index is 0.0387. The maximum Gasteiger partial charge on any atom is 0.407 e. The third kappa shape index (κ3) is 5.92. The van der Waals surface area contributed by atoms with Crippen LogP contribution in [0.2, 0.25) is 0 Å². The van der Waals surface area contributed by atoms with Crippen molar-refractivity contribution in [2.45, 2.75) is 52.2 Å². The Morgan fingerprint density at radius 2 is 1.69 bits per heavy atom. The van der Waals surface area contributed by atoms with Crippen LogP contribution in [0.5, 0.6) is 0 Å². The van der Waals surface area contributed by atoms with Gasteiger partial charge in [-0.1, -0.05) is 29.8 Å². The second-order valence-corrected chi connectivity index (χ2v) is 10.1. The van der Waals surface area contributed by atoms with Crippen LogP contribution in [0, 0.1) is 18.3 Å². The third-order valence-corrected chi connectivity index (χ3v) is 6.02. The molecule has 1 aromatic heterocycles. The lowest BCUT2D eigenvalue weighted by atomic mass is 10.0. The molecule has 0 unspecified atom stereocenters. The lowest BCUT2D eigenvalue weighted by Gasteiger charge is -2.32. The Bertz CT molecular complexity index is 1270. The Morgan fingerprint density at radius 1 is 1.06 bits per heavy atom. The molecule has 8 nitrogen and oxygen atoms in total. The van der Waals surface area contributed by atoms with Crippen molar-refractivity contribution in [1.29, 1.82) is 5.26 Å². The van der Waals surface area contributed by atoms with Crippen LogP contribution in [0.1, 0.15) is 55.2 Å². The van der Waals surface area contributed by atoms with Gasteiger partial charge in [-0.15, -0.1) is 0 Å². The van der Waals surface area contributed by atoms with Gasteiger partial charge in [-0.25, -0.2) is 9.48 Å². The fourth-order valence-electron chi connectivity index (χ4n) is 4.15. The molecule has 1 N–H and O–H groups in total. The molecule has 0 saturated carbocycles. The Hall–Kier alpha value is -4.12. The zero-order valence-corrected chi connectivity index (χ0v) is 21.1. The van der Waals surface area contributed by atoms with E-state index in [1.54, 1.807) is 21.7 Å². The highest BCUT2D eigenvalue weighted by atomic mass is 16.6. The van der Waals surface area contributed by atoms with E-state index < -0.39 is 11.7 Å². The molecule has 1 aliphatic heterocycles. The van der Waals surface area contributed by atoms with Gasteiger partial charge in [-0.05, 0) is 70.9 Å². The van der Waals surface area contributed by atoms with E-state index in [0.717, 1.165) is 22.5 Å². The molecule has 2 amide bonds. The summed E-state index contributed by atoms with van der Waals surface area (Å²) in [4.78, 5) is 27.3. The van der Waals surface area contributed by atoms with E-state index in [4.69, 9.17) is 10.00 Å². The van der Waals surface area contributed by atoms with Gasteiger partial charge in [0.05, 0.1) is 23.0 Å². The Labute approximate surface area is 211 Å². The highest BCUT2D eigenvalue weighted by Gasteiger charge is 2.28. The molecule has 36 heavy (non-hydrogen) atoms. The van der Waals surface area contributed by atoms with Crippen LogP contribution in [0.25, 0.3) is 16.9 Å². The zero-order valence-electron chi connectivity index (χ0n) is 21.1. The van der Waals surface area contributed by atoms with E-state index in [2.05, 4.69) is 16.5 Å². The number of nitrogens with zero attached hydrogens (tertiary/aromatic N) is 4. The summed E-state index contributed by atoms with van der Waals surface area (Å²) in [5.74, 6) is -0.147. The number of aryl methyl sites for hydroxylation is 1. The molecule has 0 bridgehead atoms. The smallest absolute Gasteiger partial charge is 0.407 e. The first kappa shape index (κ1) is 25.0. The van der Waals surface area contributed by atoms with Crippen molar-refractivity contribution in [2.75, 3.05) is 13.1 Å². The van der Waals surface area contributed by atoms with Crippen molar-refractivity contribution < 1.29 is 14.3 Å². The van der Waals surface area contributed by atoms with Crippen LogP contribution in [0.3, 0.4) is 0 Å². The molecule has 0 radical (unpaired) electrons. The minimum Gasteiger partial charge on any atom is -0.444 e. The minimum atomic E-state index is -0.552. The van der Waals surface area contributed by atoms with Crippen molar-refractivity contribution in [3.8, 4) is 23.0 Å². The highest BCUT2D eigenvalue weighted by molar-refractivity contribution is 5.93. The number of nitriles is 1.